The molecule has 2 nitrogen and oxygen atoms in total. The van der Waals surface area contributed by atoms with Crippen LogP contribution in [-0.4, -0.2) is 18.2 Å². The van der Waals surface area contributed by atoms with Crippen LogP contribution in [0.5, 0.6) is 0 Å². The number of hydrogen-bond acceptors (Lipinski definition) is 3. The van der Waals surface area contributed by atoms with Gasteiger partial charge in [-0.2, -0.15) is 11.3 Å². The molecule has 2 rings (SSSR count). The monoisotopic (exact) mass is 225 g/mol. The lowest BCUT2D eigenvalue weighted by molar-refractivity contribution is -0.00296. The van der Waals surface area contributed by atoms with Crippen LogP contribution in [-0.2, 0) is 11.2 Å². The maximum absolute atomic E-state index is 6.21. The highest BCUT2D eigenvalue weighted by molar-refractivity contribution is 7.07. The van der Waals surface area contributed by atoms with Gasteiger partial charge in [-0.3, -0.25) is 0 Å². The molecule has 2 unspecified atom stereocenters. The van der Waals surface area contributed by atoms with Crippen LogP contribution in [0.2, 0.25) is 0 Å². The van der Waals surface area contributed by atoms with Crippen molar-refractivity contribution in [2.24, 2.45) is 5.73 Å². The molecule has 1 aliphatic rings. The minimum Gasteiger partial charge on any atom is -0.374 e. The molecule has 1 aromatic rings. The lowest BCUT2D eigenvalue weighted by atomic mass is 9.90. The van der Waals surface area contributed by atoms with Gasteiger partial charge in [0.15, 0.2) is 0 Å². The largest absolute Gasteiger partial charge is 0.374 e. The van der Waals surface area contributed by atoms with E-state index in [2.05, 4.69) is 23.8 Å². The highest BCUT2D eigenvalue weighted by Crippen LogP contribution is 2.29. The van der Waals surface area contributed by atoms with Gasteiger partial charge in [0.25, 0.3) is 0 Å². The van der Waals surface area contributed by atoms with Crippen LogP contribution in [0, 0.1) is 0 Å². The molecule has 2 heterocycles. The Labute approximate surface area is 95.4 Å². The van der Waals surface area contributed by atoms with Crippen molar-refractivity contribution >= 4 is 11.3 Å². The third-order valence-electron chi connectivity index (χ3n) is 3.36. The average Bonchev–Trinajstić information content (AvgIpc) is 2.85. The Morgan fingerprint density at radius 3 is 3.13 bits per heavy atom. The second kappa shape index (κ2) is 4.64. The summed E-state index contributed by atoms with van der Waals surface area (Å²) in [7, 11) is 0. The number of thiophene rings is 1. The first kappa shape index (κ1) is 11.1. The summed E-state index contributed by atoms with van der Waals surface area (Å²) >= 11 is 1.75. The predicted molar refractivity (Wildman–Crippen MR) is 64.2 cm³/mol. The van der Waals surface area contributed by atoms with Crippen molar-refractivity contribution in [3.8, 4) is 0 Å². The third-order valence-corrected chi connectivity index (χ3v) is 4.09. The predicted octanol–water partition coefficient (Wildman–Crippen LogP) is 2.58. The van der Waals surface area contributed by atoms with E-state index in [1.54, 1.807) is 11.3 Å². The van der Waals surface area contributed by atoms with Gasteiger partial charge in [0.2, 0.25) is 0 Å². The Balaban J connectivity index is 1.84. The van der Waals surface area contributed by atoms with Crippen molar-refractivity contribution in [1.82, 2.24) is 0 Å². The fraction of sp³-hybridized carbons (Fsp3) is 0.667. The summed E-state index contributed by atoms with van der Waals surface area (Å²) in [4.78, 5) is 0. The van der Waals surface area contributed by atoms with Gasteiger partial charge < -0.3 is 10.5 Å². The summed E-state index contributed by atoms with van der Waals surface area (Å²) < 4.78 is 5.75. The topological polar surface area (TPSA) is 35.2 Å². The first-order valence-corrected chi connectivity index (χ1v) is 6.56. The van der Waals surface area contributed by atoms with Gasteiger partial charge in [-0.05, 0) is 55.0 Å². The Kier molecular flexibility index (Phi) is 3.44. The fourth-order valence-corrected chi connectivity index (χ4v) is 2.86. The zero-order valence-corrected chi connectivity index (χ0v) is 10.1. The van der Waals surface area contributed by atoms with E-state index in [0.717, 1.165) is 32.3 Å². The van der Waals surface area contributed by atoms with Crippen molar-refractivity contribution in [2.75, 3.05) is 6.61 Å². The molecule has 2 N–H and O–H groups in total. The summed E-state index contributed by atoms with van der Waals surface area (Å²) in [5.74, 6) is 0. The molecule has 1 aliphatic heterocycles. The summed E-state index contributed by atoms with van der Waals surface area (Å²) in [6.45, 7) is 3.03. The van der Waals surface area contributed by atoms with Gasteiger partial charge in [0.1, 0.15) is 0 Å². The average molecular weight is 225 g/mol. The quantitative estimate of drug-likeness (QED) is 0.854. The highest BCUT2D eigenvalue weighted by Gasteiger charge is 2.35. The molecule has 0 amide bonds. The lowest BCUT2D eigenvalue weighted by Gasteiger charge is -2.30. The van der Waals surface area contributed by atoms with Crippen LogP contribution in [0.3, 0.4) is 0 Å². The molecule has 0 saturated carbocycles. The Morgan fingerprint density at radius 1 is 1.67 bits per heavy atom. The van der Waals surface area contributed by atoms with Crippen molar-refractivity contribution in [3.05, 3.63) is 22.4 Å². The van der Waals surface area contributed by atoms with Crippen LogP contribution in [0.1, 0.15) is 31.7 Å². The van der Waals surface area contributed by atoms with Crippen LogP contribution >= 0.6 is 11.3 Å². The van der Waals surface area contributed by atoms with E-state index < -0.39 is 0 Å². The molecule has 0 aromatic carbocycles. The lowest BCUT2D eigenvalue weighted by Crippen LogP contribution is -2.45. The SMILES string of the molecule is CC1(C(N)CCc2ccsc2)CCCO1. The minimum absolute atomic E-state index is 0.0734. The smallest absolute Gasteiger partial charge is 0.0805 e. The first-order valence-electron chi connectivity index (χ1n) is 5.61. The van der Waals surface area contributed by atoms with Crippen LogP contribution in [0.4, 0.5) is 0 Å². The molecular formula is C12H19NOS. The number of rotatable bonds is 4. The molecule has 1 aromatic heterocycles. The van der Waals surface area contributed by atoms with Crippen LogP contribution in [0.15, 0.2) is 16.8 Å². The standard InChI is InChI=1S/C12H19NOS/c1-12(6-2-7-14-12)11(13)4-3-10-5-8-15-9-10/h5,8-9,11H,2-4,6-7,13H2,1H3. The molecule has 2 atom stereocenters. The van der Waals surface area contributed by atoms with Crippen molar-refractivity contribution in [1.29, 1.82) is 0 Å². The van der Waals surface area contributed by atoms with Gasteiger partial charge in [-0.1, -0.05) is 0 Å². The van der Waals surface area contributed by atoms with Crippen molar-refractivity contribution < 1.29 is 4.74 Å². The van der Waals surface area contributed by atoms with Gasteiger partial charge in [0, 0.05) is 12.6 Å². The molecule has 15 heavy (non-hydrogen) atoms. The molecule has 0 aliphatic carbocycles. The summed E-state index contributed by atoms with van der Waals surface area (Å²) in [6.07, 6.45) is 4.36. The molecule has 0 spiro atoms. The molecule has 3 heteroatoms. The number of ether oxygens (including phenoxy) is 1. The molecule has 0 bridgehead atoms. The second-order valence-corrected chi connectivity index (χ2v) is 5.32. The Hall–Kier alpha value is -0.380. The molecule has 1 fully saturated rings. The zero-order valence-electron chi connectivity index (χ0n) is 9.24. The number of aryl methyl sites for hydroxylation is 1. The highest BCUT2D eigenvalue weighted by atomic mass is 32.1. The fourth-order valence-electron chi connectivity index (χ4n) is 2.16. The maximum Gasteiger partial charge on any atom is 0.0805 e. The Bertz CT molecular complexity index is 291. The minimum atomic E-state index is -0.0734. The second-order valence-electron chi connectivity index (χ2n) is 4.54. The molecule has 1 saturated heterocycles. The van der Waals surface area contributed by atoms with E-state index >= 15 is 0 Å². The van der Waals surface area contributed by atoms with Gasteiger partial charge in [0.05, 0.1) is 5.60 Å². The van der Waals surface area contributed by atoms with E-state index in [0.29, 0.717) is 0 Å². The third kappa shape index (κ3) is 2.60. The zero-order chi connectivity index (χ0) is 10.7. The van der Waals surface area contributed by atoms with Crippen molar-refractivity contribution in [2.45, 2.75) is 44.2 Å². The normalized spacial score (nSPS) is 28.1. The van der Waals surface area contributed by atoms with E-state index in [-0.39, 0.29) is 11.6 Å². The molecule has 0 radical (unpaired) electrons. The number of hydrogen-bond donors (Lipinski definition) is 1. The van der Waals surface area contributed by atoms with Crippen LogP contribution < -0.4 is 5.73 Å². The van der Waals surface area contributed by atoms with E-state index in [4.69, 9.17) is 10.5 Å². The number of nitrogens with two attached hydrogens (primary N) is 1. The van der Waals surface area contributed by atoms with Gasteiger partial charge in [-0.25, -0.2) is 0 Å². The molecule has 84 valence electrons. The maximum atomic E-state index is 6.21. The van der Waals surface area contributed by atoms with Crippen LogP contribution in [0.25, 0.3) is 0 Å². The van der Waals surface area contributed by atoms with Gasteiger partial charge in [-0.15, -0.1) is 0 Å². The first-order chi connectivity index (χ1) is 7.21. The summed E-state index contributed by atoms with van der Waals surface area (Å²) in [5.41, 5.74) is 7.53. The summed E-state index contributed by atoms with van der Waals surface area (Å²) in [6, 6.07) is 2.34. The molecular weight excluding hydrogens is 206 g/mol. The Morgan fingerprint density at radius 2 is 2.53 bits per heavy atom. The van der Waals surface area contributed by atoms with E-state index in [1.165, 1.54) is 5.56 Å². The van der Waals surface area contributed by atoms with Crippen molar-refractivity contribution in [3.63, 3.8) is 0 Å². The van der Waals surface area contributed by atoms with Gasteiger partial charge >= 0.3 is 0 Å². The van der Waals surface area contributed by atoms with E-state index in [1.807, 2.05) is 0 Å². The van der Waals surface area contributed by atoms with E-state index in [9.17, 15) is 0 Å². The summed E-state index contributed by atoms with van der Waals surface area (Å²) in [5, 5.41) is 4.32.